The lowest BCUT2D eigenvalue weighted by molar-refractivity contribution is 0.429. The standard InChI is InChI=1S/C26H20IN/c27-18-12-13-24-23(15-18)21-10-5-11-22(21)26(28-24)25-19-8-3-1-6-16(19)14-17-7-2-4-9-20(17)25/h1-10,12-15,21-22,26,28H,11H2. The Kier molecular flexibility index (Phi) is 3.76. The SMILES string of the molecule is Ic1ccc2c(c1)C1C=CCC1C(c1c3ccccc3cc3ccccc13)N2. The zero-order valence-corrected chi connectivity index (χ0v) is 17.6. The van der Waals surface area contributed by atoms with Gasteiger partial charge in [0.05, 0.1) is 6.04 Å². The highest BCUT2D eigenvalue weighted by Crippen LogP contribution is 2.52. The van der Waals surface area contributed by atoms with Crippen molar-refractivity contribution in [3.63, 3.8) is 0 Å². The van der Waals surface area contributed by atoms with Gasteiger partial charge >= 0.3 is 0 Å². The molecule has 0 saturated heterocycles. The minimum atomic E-state index is 0.309. The Balaban J connectivity index is 1.64. The molecule has 3 atom stereocenters. The molecule has 136 valence electrons. The highest BCUT2D eigenvalue weighted by atomic mass is 127. The smallest absolute Gasteiger partial charge is 0.0566 e. The average Bonchev–Trinajstić information content (AvgIpc) is 3.22. The summed E-state index contributed by atoms with van der Waals surface area (Å²) in [7, 11) is 0. The van der Waals surface area contributed by atoms with Crippen molar-refractivity contribution in [3.8, 4) is 0 Å². The summed E-state index contributed by atoms with van der Waals surface area (Å²) < 4.78 is 1.31. The summed E-state index contributed by atoms with van der Waals surface area (Å²) in [4.78, 5) is 0. The number of benzene rings is 4. The van der Waals surface area contributed by atoms with E-state index < -0.39 is 0 Å². The lowest BCUT2D eigenvalue weighted by atomic mass is 9.75. The second kappa shape index (κ2) is 6.35. The topological polar surface area (TPSA) is 12.0 Å². The van der Waals surface area contributed by atoms with Gasteiger partial charge in [-0.05, 0) is 91.9 Å². The molecule has 6 rings (SSSR count). The number of nitrogens with one attached hydrogen (secondary N) is 1. The lowest BCUT2D eigenvalue weighted by Gasteiger charge is -2.38. The van der Waals surface area contributed by atoms with E-state index in [9.17, 15) is 0 Å². The first kappa shape index (κ1) is 16.6. The highest BCUT2D eigenvalue weighted by molar-refractivity contribution is 14.1. The summed E-state index contributed by atoms with van der Waals surface area (Å²) in [6.07, 6.45) is 5.94. The minimum Gasteiger partial charge on any atom is -0.378 e. The zero-order valence-electron chi connectivity index (χ0n) is 15.4. The normalized spacial score (nSPS) is 22.8. The molecule has 0 radical (unpaired) electrons. The molecular formula is C26H20IN. The second-order valence-electron chi connectivity index (χ2n) is 7.94. The fraction of sp³-hybridized carbons (Fsp3) is 0.154. The van der Waals surface area contributed by atoms with E-state index in [-0.39, 0.29) is 0 Å². The third-order valence-electron chi connectivity index (χ3n) is 6.45. The maximum absolute atomic E-state index is 3.95. The Morgan fingerprint density at radius 2 is 1.54 bits per heavy atom. The third kappa shape index (κ3) is 2.44. The fourth-order valence-corrected chi connectivity index (χ4v) is 5.75. The van der Waals surface area contributed by atoms with Gasteiger partial charge in [0.1, 0.15) is 0 Å². The van der Waals surface area contributed by atoms with Gasteiger partial charge in [0.25, 0.3) is 0 Å². The van der Waals surface area contributed by atoms with Gasteiger partial charge in [0, 0.05) is 15.2 Å². The van der Waals surface area contributed by atoms with E-state index in [1.165, 1.54) is 41.9 Å². The lowest BCUT2D eigenvalue weighted by Crippen LogP contribution is -2.29. The van der Waals surface area contributed by atoms with E-state index in [0.717, 1.165) is 6.42 Å². The van der Waals surface area contributed by atoms with Crippen LogP contribution >= 0.6 is 22.6 Å². The fourth-order valence-electron chi connectivity index (χ4n) is 5.23. The molecule has 4 aromatic rings. The molecule has 1 nitrogen and oxygen atoms in total. The van der Waals surface area contributed by atoms with E-state index in [4.69, 9.17) is 0 Å². The third-order valence-corrected chi connectivity index (χ3v) is 7.12. The number of halogens is 1. The second-order valence-corrected chi connectivity index (χ2v) is 9.19. The first-order valence-corrected chi connectivity index (χ1v) is 11.0. The summed E-state index contributed by atoms with van der Waals surface area (Å²) in [6, 6.07) is 27.2. The summed E-state index contributed by atoms with van der Waals surface area (Å²) in [5.41, 5.74) is 4.19. The molecule has 0 amide bonds. The maximum Gasteiger partial charge on any atom is 0.0566 e. The molecule has 4 aromatic carbocycles. The van der Waals surface area contributed by atoms with Crippen molar-refractivity contribution in [2.45, 2.75) is 18.4 Å². The van der Waals surface area contributed by atoms with E-state index in [2.05, 4.69) is 113 Å². The number of hydrogen-bond donors (Lipinski definition) is 1. The van der Waals surface area contributed by atoms with E-state index in [0.29, 0.717) is 17.9 Å². The molecule has 3 unspecified atom stereocenters. The quantitative estimate of drug-likeness (QED) is 0.172. The molecule has 0 fully saturated rings. The number of fused-ring (bicyclic) bond motifs is 5. The number of hydrogen-bond acceptors (Lipinski definition) is 1. The van der Waals surface area contributed by atoms with E-state index in [1.54, 1.807) is 0 Å². The van der Waals surface area contributed by atoms with Crippen LogP contribution in [0.2, 0.25) is 0 Å². The molecular weight excluding hydrogens is 453 g/mol. The minimum absolute atomic E-state index is 0.309. The monoisotopic (exact) mass is 473 g/mol. The van der Waals surface area contributed by atoms with Crippen LogP contribution < -0.4 is 5.32 Å². The molecule has 1 heterocycles. The van der Waals surface area contributed by atoms with Crippen molar-refractivity contribution in [1.29, 1.82) is 0 Å². The van der Waals surface area contributed by atoms with Gasteiger partial charge < -0.3 is 5.32 Å². The molecule has 2 aliphatic rings. The van der Waals surface area contributed by atoms with Crippen molar-refractivity contribution < 1.29 is 0 Å². The van der Waals surface area contributed by atoms with Gasteiger partial charge in [-0.15, -0.1) is 0 Å². The van der Waals surface area contributed by atoms with Crippen LogP contribution in [0, 0.1) is 9.49 Å². The predicted molar refractivity (Wildman–Crippen MR) is 127 cm³/mol. The Morgan fingerprint density at radius 1 is 0.821 bits per heavy atom. The highest BCUT2D eigenvalue weighted by Gasteiger charge is 2.39. The van der Waals surface area contributed by atoms with Crippen LogP contribution in [0.25, 0.3) is 21.5 Å². The van der Waals surface area contributed by atoms with Crippen LogP contribution in [-0.4, -0.2) is 0 Å². The van der Waals surface area contributed by atoms with Crippen LogP contribution in [0.4, 0.5) is 5.69 Å². The van der Waals surface area contributed by atoms with Crippen LogP contribution in [-0.2, 0) is 0 Å². The first-order valence-electron chi connectivity index (χ1n) is 9.92. The van der Waals surface area contributed by atoms with Gasteiger partial charge in [-0.1, -0.05) is 60.7 Å². The Bertz CT molecular complexity index is 1200. The van der Waals surface area contributed by atoms with E-state index >= 15 is 0 Å². The number of rotatable bonds is 1. The molecule has 0 saturated carbocycles. The van der Waals surface area contributed by atoms with E-state index in [1.807, 2.05) is 0 Å². The summed E-state index contributed by atoms with van der Waals surface area (Å²) in [5, 5.41) is 9.36. The van der Waals surface area contributed by atoms with Gasteiger partial charge in [-0.25, -0.2) is 0 Å². The molecule has 0 aromatic heterocycles. The molecule has 1 aliphatic heterocycles. The summed E-state index contributed by atoms with van der Waals surface area (Å²) in [6.45, 7) is 0. The Morgan fingerprint density at radius 3 is 2.29 bits per heavy atom. The summed E-state index contributed by atoms with van der Waals surface area (Å²) in [5.74, 6) is 1.05. The Labute approximate surface area is 178 Å². The van der Waals surface area contributed by atoms with Crippen molar-refractivity contribution in [3.05, 3.63) is 99.6 Å². The Hall–Kier alpha value is -2.33. The van der Waals surface area contributed by atoms with Gasteiger partial charge in [0.2, 0.25) is 0 Å². The van der Waals surface area contributed by atoms with Gasteiger partial charge in [0.15, 0.2) is 0 Å². The molecule has 28 heavy (non-hydrogen) atoms. The first-order chi connectivity index (χ1) is 13.8. The van der Waals surface area contributed by atoms with Crippen LogP contribution in [0.1, 0.15) is 29.5 Å². The van der Waals surface area contributed by atoms with Crippen molar-refractivity contribution in [2.75, 3.05) is 5.32 Å². The van der Waals surface area contributed by atoms with Crippen molar-refractivity contribution in [1.82, 2.24) is 0 Å². The number of anilines is 1. The van der Waals surface area contributed by atoms with Crippen LogP contribution in [0.3, 0.4) is 0 Å². The van der Waals surface area contributed by atoms with Crippen molar-refractivity contribution in [2.24, 2.45) is 5.92 Å². The molecule has 2 heteroatoms. The maximum atomic E-state index is 3.95. The van der Waals surface area contributed by atoms with Crippen LogP contribution in [0.15, 0.2) is 84.9 Å². The van der Waals surface area contributed by atoms with Gasteiger partial charge in [-0.2, -0.15) is 0 Å². The summed E-state index contributed by atoms with van der Waals surface area (Å²) >= 11 is 2.43. The molecule has 0 bridgehead atoms. The molecule has 1 N–H and O–H groups in total. The number of allylic oxidation sites excluding steroid dienone is 2. The predicted octanol–water partition coefficient (Wildman–Crippen LogP) is 7.42. The van der Waals surface area contributed by atoms with Gasteiger partial charge in [-0.3, -0.25) is 0 Å². The average molecular weight is 473 g/mol. The molecule has 0 spiro atoms. The van der Waals surface area contributed by atoms with Crippen molar-refractivity contribution >= 4 is 49.8 Å². The molecule has 1 aliphatic carbocycles. The zero-order chi connectivity index (χ0) is 18.7. The van der Waals surface area contributed by atoms with Crippen LogP contribution in [0.5, 0.6) is 0 Å². The largest absolute Gasteiger partial charge is 0.378 e.